The fourth-order valence-corrected chi connectivity index (χ4v) is 2.07. The van der Waals surface area contributed by atoms with Crippen LogP contribution < -0.4 is 5.56 Å². The quantitative estimate of drug-likeness (QED) is 0.666. The lowest BCUT2D eigenvalue weighted by Crippen LogP contribution is -2.25. The molecule has 0 spiro atoms. The maximum atomic E-state index is 11.8. The van der Waals surface area contributed by atoms with Crippen molar-refractivity contribution in [2.75, 3.05) is 0 Å². The van der Waals surface area contributed by atoms with Gasteiger partial charge in [-0.1, -0.05) is 24.3 Å². The topological polar surface area (TPSA) is 102 Å². The summed E-state index contributed by atoms with van der Waals surface area (Å²) in [7, 11) is 0. The number of pyridine rings is 1. The first-order valence-corrected chi connectivity index (χ1v) is 6.16. The number of hydrogen-bond acceptors (Lipinski definition) is 4. The van der Waals surface area contributed by atoms with Crippen molar-refractivity contribution in [3.63, 3.8) is 0 Å². The van der Waals surface area contributed by atoms with Crippen molar-refractivity contribution >= 4 is 11.7 Å². The second-order valence-corrected chi connectivity index (χ2v) is 4.34. The molecule has 0 amide bonds. The molecule has 0 atom stereocenters. The Morgan fingerprint density at radius 2 is 1.90 bits per heavy atom. The average molecular weight is 288 g/mol. The van der Waals surface area contributed by atoms with Crippen LogP contribution in [-0.4, -0.2) is 20.6 Å². The van der Waals surface area contributed by atoms with Crippen LogP contribution in [-0.2, 0) is 13.0 Å². The summed E-state index contributed by atoms with van der Waals surface area (Å²) < 4.78 is 1.10. The molecular formula is C14H12N2O5. The van der Waals surface area contributed by atoms with Gasteiger partial charge in [0.25, 0.3) is 11.2 Å². The zero-order valence-electron chi connectivity index (χ0n) is 10.9. The molecule has 7 heteroatoms. The van der Waals surface area contributed by atoms with Gasteiger partial charge < -0.3 is 9.67 Å². The normalized spacial score (nSPS) is 10.3. The highest BCUT2D eigenvalue weighted by Gasteiger charge is 2.14. The zero-order valence-corrected chi connectivity index (χ0v) is 10.9. The number of nitrogens with zero attached hydrogens (tertiary/aromatic N) is 2. The molecule has 1 aromatic heterocycles. The van der Waals surface area contributed by atoms with Gasteiger partial charge in [0.1, 0.15) is 5.69 Å². The number of aryl methyl sites for hydroxylation is 1. The number of carbonyl (C=O) groups is 1. The van der Waals surface area contributed by atoms with Crippen molar-refractivity contribution < 1.29 is 14.8 Å². The van der Waals surface area contributed by atoms with Gasteiger partial charge in [-0.2, -0.15) is 0 Å². The summed E-state index contributed by atoms with van der Waals surface area (Å²) in [4.78, 5) is 33.3. The molecule has 0 fully saturated rings. The molecule has 0 aliphatic rings. The first-order chi connectivity index (χ1) is 10.0. The Hall–Kier alpha value is -2.96. The van der Waals surface area contributed by atoms with Gasteiger partial charge in [0.2, 0.25) is 0 Å². The van der Waals surface area contributed by atoms with Crippen molar-refractivity contribution in [3.8, 4) is 0 Å². The van der Waals surface area contributed by atoms with E-state index in [2.05, 4.69) is 0 Å². The highest BCUT2D eigenvalue weighted by Crippen LogP contribution is 2.18. The van der Waals surface area contributed by atoms with Crippen molar-refractivity contribution in [2.45, 2.75) is 13.0 Å². The fraction of sp³-hybridized carbons (Fsp3) is 0.143. The van der Waals surface area contributed by atoms with E-state index in [0.717, 1.165) is 4.57 Å². The summed E-state index contributed by atoms with van der Waals surface area (Å²) in [6, 6.07) is 10.1. The molecule has 0 radical (unpaired) electrons. The number of carboxylic acid groups (broad SMARTS) is 1. The molecule has 21 heavy (non-hydrogen) atoms. The summed E-state index contributed by atoms with van der Waals surface area (Å²) >= 11 is 0. The Morgan fingerprint density at radius 3 is 2.57 bits per heavy atom. The number of nitro benzene ring substituents is 1. The summed E-state index contributed by atoms with van der Waals surface area (Å²) in [6.45, 7) is 0.0617. The Bertz CT molecular complexity index is 751. The molecule has 0 unspecified atom stereocenters. The smallest absolute Gasteiger partial charge is 0.352 e. The highest BCUT2D eigenvalue weighted by molar-refractivity contribution is 5.85. The molecule has 7 nitrogen and oxygen atoms in total. The van der Waals surface area contributed by atoms with Gasteiger partial charge in [-0.05, 0) is 12.5 Å². The fourth-order valence-electron chi connectivity index (χ4n) is 2.07. The number of benzene rings is 1. The molecule has 108 valence electrons. The third-order valence-corrected chi connectivity index (χ3v) is 3.06. The van der Waals surface area contributed by atoms with Gasteiger partial charge in [-0.25, -0.2) is 4.79 Å². The van der Waals surface area contributed by atoms with Gasteiger partial charge in [-0.15, -0.1) is 0 Å². The van der Waals surface area contributed by atoms with Crippen LogP contribution in [0.15, 0.2) is 47.3 Å². The van der Waals surface area contributed by atoms with Crippen LogP contribution in [0.2, 0.25) is 0 Å². The lowest BCUT2D eigenvalue weighted by molar-refractivity contribution is -0.385. The molecule has 1 aromatic carbocycles. The molecule has 1 heterocycles. The van der Waals surface area contributed by atoms with Crippen LogP contribution in [0.5, 0.6) is 0 Å². The summed E-state index contributed by atoms with van der Waals surface area (Å²) in [5.41, 5.74) is -0.178. The zero-order chi connectivity index (χ0) is 15.4. The molecule has 2 aromatic rings. The Morgan fingerprint density at radius 1 is 1.19 bits per heavy atom. The van der Waals surface area contributed by atoms with Crippen molar-refractivity contribution in [1.82, 2.24) is 4.57 Å². The molecule has 0 saturated carbocycles. The Balaban J connectivity index is 2.32. The van der Waals surface area contributed by atoms with Crippen LogP contribution in [0, 0.1) is 10.1 Å². The van der Waals surface area contributed by atoms with Crippen molar-refractivity contribution in [3.05, 3.63) is 74.2 Å². The van der Waals surface area contributed by atoms with Crippen LogP contribution >= 0.6 is 0 Å². The minimum absolute atomic E-state index is 0.0432. The molecule has 1 N–H and O–H groups in total. The monoisotopic (exact) mass is 288 g/mol. The maximum absolute atomic E-state index is 11.8. The van der Waals surface area contributed by atoms with E-state index in [1.807, 2.05) is 0 Å². The lowest BCUT2D eigenvalue weighted by atomic mass is 10.1. The van der Waals surface area contributed by atoms with E-state index in [1.165, 1.54) is 24.3 Å². The number of nitro groups is 1. The maximum Gasteiger partial charge on any atom is 0.352 e. The molecule has 0 aliphatic heterocycles. The molecule has 2 rings (SSSR count). The first-order valence-electron chi connectivity index (χ1n) is 6.16. The number of para-hydroxylation sites is 1. The van der Waals surface area contributed by atoms with Crippen LogP contribution in [0.1, 0.15) is 16.1 Å². The van der Waals surface area contributed by atoms with Gasteiger partial charge >= 0.3 is 5.97 Å². The van der Waals surface area contributed by atoms with Gasteiger partial charge in [0, 0.05) is 24.2 Å². The largest absolute Gasteiger partial charge is 0.477 e. The van der Waals surface area contributed by atoms with E-state index in [-0.39, 0.29) is 24.3 Å². The van der Waals surface area contributed by atoms with E-state index in [1.54, 1.807) is 18.2 Å². The average Bonchev–Trinajstić information content (AvgIpc) is 2.45. The van der Waals surface area contributed by atoms with Gasteiger partial charge in [-0.3, -0.25) is 14.9 Å². The lowest BCUT2D eigenvalue weighted by Gasteiger charge is -2.09. The number of aromatic nitrogens is 1. The second kappa shape index (κ2) is 6.00. The SMILES string of the molecule is O=C(O)c1cccc(=O)n1CCc1ccccc1[N+](=O)[O-]. The van der Waals surface area contributed by atoms with Crippen LogP contribution in [0.4, 0.5) is 5.69 Å². The third-order valence-electron chi connectivity index (χ3n) is 3.06. The van der Waals surface area contributed by atoms with Gasteiger partial charge in [0.05, 0.1) is 4.92 Å². The Kier molecular flexibility index (Phi) is 4.13. The molecule has 0 aliphatic carbocycles. The van der Waals surface area contributed by atoms with E-state index < -0.39 is 16.5 Å². The van der Waals surface area contributed by atoms with Gasteiger partial charge in [0.15, 0.2) is 0 Å². The Labute approximate surface area is 119 Å². The van der Waals surface area contributed by atoms with E-state index in [4.69, 9.17) is 5.11 Å². The first kappa shape index (κ1) is 14.4. The summed E-state index contributed by atoms with van der Waals surface area (Å²) in [5, 5.41) is 20.0. The number of aromatic carboxylic acids is 1. The number of hydrogen-bond donors (Lipinski definition) is 1. The van der Waals surface area contributed by atoms with Crippen LogP contribution in [0.3, 0.4) is 0 Å². The van der Waals surface area contributed by atoms with E-state index in [9.17, 15) is 19.7 Å². The minimum atomic E-state index is -1.21. The van der Waals surface area contributed by atoms with E-state index in [0.29, 0.717) is 5.56 Å². The number of carboxylic acids is 1. The predicted molar refractivity (Wildman–Crippen MR) is 74.5 cm³/mol. The summed E-state index contributed by atoms with van der Waals surface area (Å²) in [5.74, 6) is -1.21. The van der Waals surface area contributed by atoms with Crippen LogP contribution in [0.25, 0.3) is 0 Å². The molecule has 0 saturated heterocycles. The van der Waals surface area contributed by atoms with E-state index >= 15 is 0 Å². The van der Waals surface area contributed by atoms with Crippen molar-refractivity contribution in [1.29, 1.82) is 0 Å². The molecular weight excluding hydrogens is 276 g/mol. The molecule has 0 bridgehead atoms. The summed E-state index contributed by atoms with van der Waals surface area (Å²) in [6.07, 6.45) is 0.196. The minimum Gasteiger partial charge on any atom is -0.477 e. The predicted octanol–water partition coefficient (Wildman–Crippen LogP) is 1.70. The van der Waals surface area contributed by atoms with Crippen molar-refractivity contribution in [2.24, 2.45) is 0 Å². The number of rotatable bonds is 5. The third kappa shape index (κ3) is 3.14. The standard InChI is InChI=1S/C14H12N2O5/c17-13-7-3-6-12(14(18)19)15(13)9-8-10-4-1-2-5-11(10)16(20)21/h1-7H,8-9H2,(H,18,19). The highest BCUT2D eigenvalue weighted by atomic mass is 16.6. The second-order valence-electron chi connectivity index (χ2n) is 4.34.